The molecule has 3 heterocycles. The van der Waals surface area contributed by atoms with Crippen LogP contribution in [0.2, 0.25) is 0 Å². The quantitative estimate of drug-likeness (QED) is 0.167. The van der Waals surface area contributed by atoms with Crippen LogP contribution in [-0.4, -0.2) is 24.1 Å². The fraction of sp³-hybridized carbons (Fsp3) is 0. The van der Waals surface area contributed by atoms with Crippen molar-refractivity contribution in [3.05, 3.63) is 249 Å². The van der Waals surface area contributed by atoms with E-state index in [1.807, 2.05) is 18.2 Å². The van der Waals surface area contributed by atoms with E-state index in [2.05, 4.69) is 240 Å². The van der Waals surface area contributed by atoms with Crippen molar-refractivity contribution in [3.63, 3.8) is 0 Å². The molecule has 334 valence electrons. The van der Waals surface area contributed by atoms with Gasteiger partial charge in [-0.2, -0.15) is 0 Å². The molecular formula is C67H41N5. The Bertz CT molecular complexity index is 4680. The van der Waals surface area contributed by atoms with Crippen molar-refractivity contribution in [2.45, 2.75) is 0 Å². The molecule has 0 atom stereocenters. The van der Waals surface area contributed by atoms with Gasteiger partial charge >= 0.3 is 0 Å². The number of rotatable bonds is 6. The van der Waals surface area contributed by atoms with Gasteiger partial charge in [0.25, 0.3) is 0 Å². The van der Waals surface area contributed by atoms with Crippen LogP contribution in [-0.2, 0) is 0 Å². The molecule has 15 aromatic rings. The van der Waals surface area contributed by atoms with Crippen molar-refractivity contribution in [2.24, 2.45) is 0 Å². The molecule has 0 amide bonds. The van der Waals surface area contributed by atoms with E-state index in [1.54, 1.807) is 0 Å². The molecule has 0 radical (unpaired) electrons. The molecule has 0 saturated carbocycles. The summed E-state index contributed by atoms with van der Waals surface area (Å²) in [6.45, 7) is 0. The minimum atomic E-state index is 0.607. The maximum Gasteiger partial charge on any atom is 0.164 e. The molecule has 0 unspecified atom stereocenters. The maximum absolute atomic E-state index is 5.46. The van der Waals surface area contributed by atoms with Gasteiger partial charge in [-0.25, -0.2) is 15.0 Å². The van der Waals surface area contributed by atoms with Gasteiger partial charge in [-0.3, -0.25) is 0 Å². The van der Waals surface area contributed by atoms with Crippen LogP contribution in [0.3, 0.4) is 0 Å². The summed E-state index contributed by atoms with van der Waals surface area (Å²) in [6, 6.07) is 89.5. The first-order chi connectivity index (χ1) is 35.7. The lowest BCUT2D eigenvalue weighted by Crippen LogP contribution is -2.02. The van der Waals surface area contributed by atoms with E-state index in [4.69, 9.17) is 15.0 Å². The van der Waals surface area contributed by atoms with Gasteiger partial charge in [-0.05, 0) is 98.0 Å². The topological polar surface area (TPSA) is 48.5 Å². The Morgan fingerprint density at radius 3 is 1.65 bits per heavy atom. The third-order valence-corrected chi connectivity index (χ3v) is 14.7. The van der Waals surface area contributed by atoms with Crippen molar-refractivity contribution in [1.82, 2.24) is 24.1 Å². The summed E-state index contributed by atoms with van der Waals surface area (Å²) in [7, 11) is 0. The lowest BCUT2D eigenvalue weighted by atomic mass is 9.94. The highest BCUT2D eigenvalue weighted by atomic mass is 15.0. The second kappa shape index (κ2) is 15.9. The van der Waals surface area contributed by atoms with Gasteiger partial charge in [-0.15, -0.1) is 0 Å². The molecule has 0 fully saturated rings. The summed E-state index contributed by atoms with van der Waals surface area (Å²) < 4.78 is 4.85. The minimum absolute atomic E-state index is 0.607. The number of benzene rings is 12. The normalized spacial score (nSPS) is 11.9. The highest BCUT2D eigenvalue weighted by molar-refractivity contribution is 6.22. The number of hydrogen-bond donors (Lipinski definition) is 0. The Morgan fingerprint density at radius 1 is 0.250 bits per heavy atom. The van der Waals surface area contributed by atoms with Crippen LogP contribution < -0.4 is 0 Å². The van der Waals surface area contributed by atoms with Gasteiger partial charge in [0.15, 0.2) is 17.5 Å². The predicted octanol–water partition coefficient (Wildman–Crippen LogP) is 17.3. The summed E-state index contributed by atoms with van der Waals surface area (Å²) in [5.41, 5.74) is 11.8. The van der Waals surface area contributed by atoms with Crippen LogP contribution in [0.4, 0.5) is 0 Å². The average molecular weight is 916 g/mol. The van der Waals surface area contributed by atoms with E-state index >= 15 is 0 Å². The Balaban J connectivity index is 1.02. The van der Waals surface area contributed by atoms with Gasteiger partial charge in [0.1, 0.15) is 0 Å². The Kier molecular flexibility index (Phi) is 8.89. The van der Waals surface area contributed by atoms with Gasteiger partial charge < -0.3 is 9.13 Å². The highest BCUT2D eigenvalue weighted by Crippen LogP contribution is 2.44. The summed E-state index contributed by atoms with van der Waals surface area (Å²) >= 11 is 0. The highest BCUT2D eigenvalue weighted by Gasteiger charge is 2.22. The van der Waals surface area contributed by atoms with Gasteiger partial charge in [0.05, 0.1) is 27.8 Å². The van der Waals surface area contributed by atoms with Crippen LogP contribution in [0.25, 0.3) is 143 Å². The van der Waals surface area contributed by atoms with Crippen LogP contribution >= 0.6 is 0 Å². The van der Waals surface area contributed by atoms with E-state index in [0.717, 1.165) is 61.0 Å². The number of para-hydroxylation sites is 2. The van der Waals surface area contributed by atoms with Crippen LogP contribution in [0.15, 0.2) is 249 Å². The largest absolute Gasteiger partial charge is 0.309 e. The van der Waals surface area contributed by atoms with E-state index < -0.39 is 0 Å². The van der Waals surface area contributed by atoms with E-state index in [0.29, 0.717) is 17.5 Å². The molecule has 0 aliphatic heterocycles. The standard InChI is InChI=1S/C67H41N5/c1-3-18-44(19-4-1)65-68-66(48-32-34-55-54-27-13-14-29-60(54)71(62(55)41-48)49-23-5-2-6-24-49)70-67(69-65)57-36-37-61(58-39-47(31-33-53(57)58)51-28-15-22-42-16-9-11-25-50(42)51)72-63-40-46-21-8-7-20-45(46)38-59(63)56-35-30-43-17-10-12-26-52(43)64(56)72/h1-41H. The second-order valence-corrected chi connectivity index (χ2v) is 18.7. The van der Waals surface area contributed by atoms with Gasteiger partial charge in [-0.1, -0.05) is 194 Å². The lowest BCUT2D eigenvalue weighted by Gasteiger charge is -2.17. The fourth-order valence-electron chi connectivity index (χ4n) is 11.4. The monoisotopic (exact) mass is 915 g/mol. The predicted molar refractivity (Wildman–Crippen MR) is 300 cm³/mol. The Labute approximate surface area is 414 Å². The van der Waals surface area contributed by atoms with Gasteiger partial charge in [0.2, 0.25) is 0 Å². The zero-order valence-corrected chi connectivity index (χ0v) is 38.9. The number of fused-ring (bicyclic) bond motifs is 11. The third kappa shape index (κ3) is 6.24. The first kappa shape index (κ1) is 40.2. The molecule has 12 aromatic carbocycles. The molecule has 0 bridgehead atoms. The molecule has 72 heavy (non-hydrogen) atoms. The number of hydrogen-bond acceptors (Lipinski definition) is 3. The summed E-state index contributed by atoms with van der Waals surface area (Å²) in [5.74, 6) is 1.83. The lowest BCUT2D eigenvalue weighted by molar-refractivity contribution is 1.08. The maximum atomic E-state index is 5.46. The zero-order chi connectivity index (χ0) is 47.3. The average Bonchev–Trinajstić information content (AvgIpc) is 3.96. The molecule has 15 rings (SSSR count). The smallest absolute Gasteiger partial charge is 0.164 e. The van der Waals surface area contributed by atoms with Crippen molar-refractivity contribution in [1.29, 1.82) is 0 Å². The van der Waals surface area contributed by atoms with Crippen molar-refractivity contribution < 1.29 is 0 Å². The summed E-state index contributed by atoms with van der Waals surface area (Å²) in [4.78, 5) is 16.1. The number of nitrogens with zero attached hydrogens (tertiary/aromatic N) is 5. The molecule has 3 aromatic heterocycles. The fourth-order valence-corrected chi connectivity index (χ4v) is 11.4. The van der Waals surface area contributed by atoms with E-state index in [9.17, 15) is 0 Å². The molecule has 0 saturated heterocycles. The first-order valence-electron chi connectivity index (χ1n) is 24.5. The third-order valence-electron chi connectivity index (χ3n) is 14.7. The van der Waals surface area contributed by atoms with Crippen LogP contribution in [0.5, 0.6) is 0 Å². The van der Waals surface area contributed by atoms with Gasteiger partial charge in [0, 0.05) is 54.7 Å². The molecule has 0 spiro atoms. The SMILES string of the molecule is c1ccc(-c2nc(-c3ccc4c5ccccc5n(-c5ccccc5)c4c3)nc(-c3ccc(-n4c5cc6ccccc6cc5c5ccc6ccccc6c54)c4cc(-c5cccc6ccccc56)ccc34)n2)cc1. The Morgan fingerprint density at radius 2 is 0.833 bits per heavy atom. The molecule has 0 aliphatic rings. The molecular weight excluding hydrogens is 875 g/mol. The molecule has 5 heteroatoms. The van der Waals surface area contributed by atoms with Crippen molar-refractivity contribution in [3.8, 4) is 56.7 Å². The van der Waals surface area contributed by atoms with E-state index in [1.165, 1.54) is 64.9 Å². The zero-order valence-electron chi connectivity index (χ0n) is 38.9. The van der Waals surface area contributed by atoms with Crippen molar-refractivity contribution in [2.75, 3.05) is 0 Å². The minimum Gasteiger partial charge on any atom is -0.309 e. The first-order valence-corrected chi connectivity index (χ1v) is 24.5. The number of aromatic nitrogens is 5. The molecule has 0 aliphatic carbocycles. The second-order valence-electron chi connectivity index (χ2n) is 18.7. The Hall–Kier alpha value is -9.71. The molecule has 0 N–H and O–H groups in total. The van der Waals surface area contributed by atoms with E-state index in [-0.39, 0.29) is 0 Å². The van der Waals surface area contributed by atoms with Crippen molar-refractivity contribution >= 4 is 86.7 Å². The summed E-state index contributed by atoms with van der Waals surface area (Å²) in [5, 5.41) is 14.2. The molecule has 5 nitrogen and oxygen atoms in total. The van der Waals surface area contributed by atoms with Crippen LogP contribution in [0, 0.1) is 0 Å². The van der Waals surface area contributed by atoms with Crippen LogP contribution in [0.1, 0.15) is 0 Å². The summed E-state index contributed by atoms with van der Waals surface area (Å²) in [6.07, 6.45) is 0.